The van der Waals surface area contributed by atoms with Crippen LogP contribution in [-0.2, 0) is 19.2 Å². The van der Waals surface area contributed by atoms with Crippen molar-refractivity contribution in [3.63, 3.8) is 0 Å². The van der Waals surface area contributed by atoms with Gasteiger partial charge in [0.25, 0.3) is 11.8 Å². The highest BCUT2D eigenvalue weighted by atomic mass is 32.2. The van der Waals surface area contributed by atoms with Gasteiger partial charge in [-0.15, -0.1) is 0 Å². The molecule has 2 aromatic rings. The molecular weight excluding hydrogens is 729 g/mol. The number of aromatic hydroxyl groups is 2. The second-order valence-electron chi connectivity index (χ2n) is 11.1. The van der Waals surface area contributed by atoms with Crippen molar-refractivity contribution in [1.82, 2.24) is 9.80 Å². The summed E-state index contributed by atoms with van der Waals surface area (Å²) >= 11 is 12.9. The molecular formula is C32H32N4O10S4. The number of hydrogen-bond donors (Lipinski definition) is 6. The van der Waals surface area contributed by atoms with Crippen molar-refractivity contribution in [3.8, 4) is 11.5 Å². The van der Waals surface area contributed by atoms with E-state index in [9.17, 15) is 39.0 Å². The van der Waals surface area contributed by atoms with Gasteiger partial charge in [0.2, 0.25) is 11.8 Å². The van der Waals surface area contributed by atoms with Crippen molar-refractivity contribution in [3.05, 3.63) is 57.3 Å². The quantitative estimate of drug-likeness (QED) is 0.0567. The molecule has 18 heteroatoms. The Kier molecular flexibility index (Phi) is 13.3. The van der Waals surface area contributed by atoms with E-state index in [2.05, 4.69) is 10.6 Å². The van der Waals surface area contributed by atoms with Crippen LogP contribution in [0.15, 0.2) is 46.2 Å². The van der Waals surface area contributed by atoms with Gasteiger partial charge in [-0.05, 0) is 62.1 Å². The molecule has 0 aromatic heterocycles. The number of aromatic carboxylic acids is 2. The predicted molar refractivity (Wildman–Crippen MR) is 195 cm³/mol. The van der Waals surface area contributed by atoms with Crippen LogP contribution in [0.5, 0.6) is 11.5 Å². The minimum atomic E-state index is -1.32. The molecule has 2 heterocycles. The third-order valence-electron chi connectivity index (χ3n) is 7.50. The third kappa shape index (κ3) is 9.80. The molecule has 14 nitrogen and oxygen atoms in total. The Hall–Kier alpha value is -4.52. The molecule has 2 aromatic carbocycles. The lowest BCUT2D eigenvalue weighted by Crippen LogP contribution is -2.31. The number of carbonyl (C=O) groups excluding carboxylic acids is 4. The molecule has 0 spiro atoms. The number of benzene rings is 2. The first-order chi connectivity index (χ1) is 23.8. The lowest BCUT2D eigenvalue weighted by atomic mass is 10.1. The highest BCUT2D eigenvalue weighted by Gasteiger charge is 2.41. The Balaban J connectivity index is 1.18. The summed E-state index contributed by atoms with van der Waals surface area (Å²) in [7, 11) is 0. The Bertz CT molecular complexity index is 1670. The fourth-order valence-electron chi connectivity index (χ4n) is 4.94. The van der Waals surface area contributed by atoms with Crippen molar-refractivity contribution in [1.29, 1.82) is 0 Å². The number of anilines is 2. The first kappa shape index (κ1) is 38.3. The molecule has 4 amide bonds. The van der Waals surface area contributed by atoms with Crippen LogP contribution >= 0.6 is 48.0 Å². The summed E-state index contributed by atoms with van der Waals surface area (Å²) in [6, 6.07) is 7.53. The van der Waals surface area contributed by atoms with E-state index in [0.717, 1.165) is 23.5 Å². The third-order valence-corrected chi connectivity index (χ3v) is 10.5. The number of carbonyl (C=O) groups is 6. The van der Waals surface area contributed by atoms with Gasteiger partial charge >= 0.3 is 11.9 Å². The summed E-state index contributed by atoms with van der Waals surface area (Å²) in [6.45, 7) is 0.605. The average molecular weight is 761 g/mol. The van der Waals surface area contributed by atoms with Gasteiger partial charge in [0.15, 0.2) is 0 Å². The summed E-state index contributed by atoms with van der Waals surface area (Å²) in [6.07, 6.45) is 3.61. The van der Waals surface area contributed by atoms with E-state index >= 15 is 0 Å². The molecule has 2 fully saturated rings. The van der Waals surface area contributed by atoms with Crippen molar-refractivity contribution >= 4 is 104 Å². The van der Waals surface area contributed by atoms with E-state index in [-0.39, 0.29) is 68.8 Å². The summed E-state index contributed by atoms with van der Waals surface area (Å²) in [4.78, 5) is 76.7. The zero-order valence-corrected chi connectivity index (χ0v) is 29.6. The van der Waals surface area contributed by atoms with Gasteiger partial charge in [-0.2, -0.15) is 0 Å². The smallest absolute Gasteiger partial charge is 0.339 e. The first-order valence-corrected chi connectivity index (χ1v) is 17.8. The molecule has 0 radical (unpaired) electrons. The van der Waals surface area contributed by atoms with Crippen LogP contribution < -0.4 is 10.6 Å². The highest BCUT2D eigenvalue weighted by Crippen LogP contribution is 2.42. The lowest BCUT2D eigenvalue weighted by Gasteiger charge is -2.14. The van der Waals surface area contributed by atoms with E-state index in [1.807, 2.05) is 0 Å². The zero-order valence-electron chi connectivity index (χ0n) is 26.3. The lowest BCUT2D eigenvalue weighted by molar-refractivity contribution is -0.124. The van der Waals surface area contributed by atoms with Crippen LogP contribution in [0.2, 0.25) is 0 Å². The summed E-state index contributed by atoms with van der Waals surface area (Å²) in [5, 5.41) is 42.7. The maximum absolute atomic E-state index is 13.2. The fraction of sp³-hybridized carbons (Fsp3) is 0.312. The van der Waals surface area contributed by atoms with E-state index in [4.69, 9.17) is 34.6 Å². The largest absolute Gasteiger partial charge is 0.507 e. The molecule has 0 unspecified atom stereocenters. The molecule has 0 bridgehead atoms. The number of carboxylic acids is 2. The number of amides is 4. The molecule has 50 heavy (non-hydrogen) atoms. The van der Waals surface area contributed by atoms with E-state index in [1.165, 1.54) is 46.2 Å². The van der Waals surface area contributed by atoms with Crippen molar-refractivity contribution < 1.29 is 49.2 Å². The van der Waals surface area contributed by atoms with Gasteiger partial charge in [0.05, 0.1) is 9.81 Å². The maximum Gasteiger partial charge on any atom is 0.339 e. The van der Waals surface area contributed by atoms with Gasteiger partial charge in [0.1, 0.15) is 31.3 Å². The molecule has 0 atom stereocenters. The van der Waals surface area contributed by atoms with Gasteiger partial charge in [-0.1, -0.05) is 60.8 Å². The molecule has 4 rings (SSSR count). The number of thioether (sulfide) groups is 2. The summed E-state index contributed by atoms with van der Waals surface area (Å²) in [5.41, 5.74) is -0.142. The first-order valence-electron chi connectivity index (χ1n) is 15.3. The molecule has 264 valence electrons. The second kappa shape index (κ2) is 17.4. The Labute approximate surface area is 305 Å². The van der Waals surface area contributed by atoms with Crippen LogP contribution in [0.3, 0.4) is 0 Å². The van der Waals surface area contributed by atoms with Crippen molar-refractivity contribution in [2.45, 2.75) is 51.4 Å². The van der Waals surface area contributed by atoms with Crippen molar-refractivity contribution in [2.75, 3.05) is 23.7 Å². The van der Waals surface area contributed by atoms with Crippen LogP contribution in [0.4, 0.5) is 11.4 Å². The summed E-state index contributed by atoms with van der Waals surface area (Å²) in [5.74, 6) is -4.85. The number of rotatable bonds is 16. The average Bonchev–Trinajstić information content (AvgIpc) is 3.50. The van der Waals surface area contributed by atoms with Gasteiger partial charge in [0, 0.05) is 37.3 Å². The van der Waals surface area contributed by atoms with E-state index in [1.54, 1.807) is 0 Å². The fourth-order valence-corrected chi connectivity index (χ4v) is 7.71. The molecule has 2 aliphatic rings. The highest BCUT2D eigenvalue weighted by molar-refractivity contribution is 8.29. The van der Waals surface area contributed by atoms with Crippen LogP contribution in [0.1, 0.15) is 72.1 Å². The number of hydrogen-bond acceptors (Lipinski definition) is 12. The normalized spacial score (nSPS) is 15.9. The van der Waals surface area contributed by atoms with Gasteiger partial charge in [-0.25, -0.2) is 9.59 Å². The van der Waals surface area contributed by atoms with E-state index < -0.39 is 23.4 Å². The van der Waals surface area contributed by atoms with Gasteiger partial charge in [-0.3, -0.25) is 29.0 Å². The molecule has 2 aliphatic heterocycles. The monoisotopic (exact) mass is 760 g/mol. The second-order valence-corrected chi connectivity index (χ2v) is 14.4. The SMILES string of the molecule is O=C(CCCCCN1C(=O)C(=C2SC(=S)N(CCCCCC(=O)Nc3ccc(O)c(C(=O)O)c3)C2=O)SC1=S)Nc1ccc(O)c(C(=O)O)c1. The summed E-state index contributed by atoms with van der Waals surface area (Å²) < 4.78 is 0.638. The number of unbranched alkanes of at least 4 members (excludes halogenated alkanes) is 4. The minimum Gasteiger partial charge on any atom is -0.507 e. The van der Waals surface area contributed by atoms with Crippen LogP contribution in [-0.4, -0.2) is 87.5 Å². The number of nitrogens with zero attached hydrogens (tertiary/aromatic N) is 2. The van der Waals surface area contributed by atoms with Crippen molar-refractivity contribution in [2.24, 2.45) is 0 Å². The Morgan fingerprint density at radius 2 is 1.00 bits per heavy atom. The number of carboxylic acid groups (broad SMARTS) is 2. The molecule has 6 N–H and O–H groups in total. The predicted octanol–water partition coefficient (Wildman–Crippen LogP) is 5.12. The standard InChI is InChI=1S/C32H32N4O10S4/c37-21-11-9-17(15-19(21)29(43)44)33-23(39)7-3-1-5-13-35-27(41)25(49-31(35)47)26-28(42)36(32(48)50-26)14-6-2-4-8-24(40)34-18-10-12-22(38)20(16-18)30(45)46/h9-12,15-16,37-38H,1-8,13-14H2,(H,33,39)(H,34,40)(H,43,44)(H,45,46). The number of thiocarbonyl (C=S) groups is 2. The number of nitrogens with one attached hydrogen (secondary N) is 2. The Morgan fingerprint density at radius 3 is 1.36 bits per heavy atom. The van der Waals surface area contributed by atoms with Crippen LogP contribution in [0, 0.1) is 0 Å². The number of phenols is 2. The zero-order chi connectivity index (χ0) is 36.5. The van der Waals surface area contributed by atoms with E-state index in [0.29, 0.717) is 60.3 Å². The molecule has 0 aliphatic carbocycles. The van der Waals surface area contributed by atoms with Gasteiger partial charge < -0.3 is 31.1 Å². The van der Waals surface area contributed by atoms with Crippen LogP contribution in [0.25, 0.3) is 0 Å². The minimum absolute atomic E-state index is 0.159. The Morgan fingerprint density at radius 1 is 0.620 bits per heavy atom. The topological polar surface area (TPSA) is 214 Å². The maximum atomic E-state index is 13.2. The molecule has 0 saturated carbocycles. The molecule has 2 saturated heterocycles.